The van der Waals surface area contributed by atoms with Gasteiger partial charge >= 0.3 is 11.9 Å². The summed E-state index contributed by atoms with van der Waals surface area (Å²) in [6.07, 6.45) is -3.09. The van der Waals surface area contributed by atoms with Gasteiger partial charge in [-0.3, -0.25) is 14.8 Å². The lowest BCUT2D eigenvalue weighted by atomic mass is 9.97. The van der Waals surface area contributed by atoms with E-state index in [0.717, 1.165) is 16.7 Å². The van der Waals surface area contributed by atoms with E-state index >= 15 is 0 Å². The van der Waals surface area contributed by atoms with Crippen LogP contribution >= 0.6 is 0 Å². The van der Waals surface area contributed by atoms with Crippen molar-refractivity contribution in [1.82, 2.24) is 23.7 Å². The molecular formula is C30H28F3N5O4S. The van der Waals surface area contributed by atoms with Crippen molar-refractivity contribution in [3.63, 3.8) is 0 Å². The molecule has 5 rings (SSSR count). The van der Waals surface area contributed by atoms with Gasteiger partial charge in [-0.25, -0.2) is 17.2 Å². The molecule has 5 aromatic rings. The predicted molar refractivity (Wildman–Crippen MR) is 155 cm³/mol. The Labute approximate surface area is 244 Å². The number of nitrogens with zero attached hydrogens (tertiary/aromatic N) is 4. The molecule has 0 fully saturated rings. The van der Waals surface area contributed by atoms with Crippen molar-refractivity contribution in [1.29, 1.82) is 0 Å². The quantitative estimate of drug-likeness (QED) is 0.283. The number of aryl methyl sites for hydroxylation is 3. The van der Waals surface area contributed by atoms with Crippen LogP contribution in [0.25, 0.3) is 16.7 Å². The van der Waals surface area contributed by atoms with Crippen LogP contribution in [0.5, 0.6) is 0 Å². The van der Waals surface area contributed by atoms with Gasteiger partial charge in [0.15, 0.2) is 0 Å². The van der Waals surface area contributed by atoms with Gasteiger partial charge in [-0.15, -0.1) is 0 Å². The van der Waals surface area contributed by atoms with Crippen molar-refractivity contribution < 1.29 is 21.6 Å². The van der Waals surface area contributed by atoms with Crippen molar-refractivity contribution in [2.24, 2.45) is 0 Å². The first kappa shape index (κ1) is 30.0. The fourth-order valence-corrected chi connectivity index (χ4v) is 6.36. The van der Waals surface area contributed by atoms with Crippen LogP contribution in [0.1, 0.15) is 59.0 Å². The molecule has 0 aliphatic carbocycles. The second kappa shape index (κ2) is 10.6. The Morgan fingerprint density at radius 2 is 1.58 bits per heavy atom. The first-order chi connectivity index (χ1) is 20.1. The molecule has 13 heteroatoms. The van der Waals surface area contributed by atoms with Gasteiger partial charge in [0.2, 0.25) is 5.69 Å². The van der Waals surface area contributed by atoms with Crippen LogP contribution in [0.3, 0.4) is 0 Å². The van der Waals surface area contributed by atoms with Crippen molar-refractivity contribution in [3.8, 4) is 5.69 Å². The number of nitrogens with one attached hydrogen (secondary N) is 1. The fraction of sp³-hybridized carbons (Fsp3) is 0.267. The largest absolute Gasteiger partial charge is 0.440 e. The zero-order chi connectivity index (χ0) is 31.4. The first-order valence-corrected chi connectivity index (χ1v) is 14.8. The Bertz CT molecular complexity index is 2090. The number of aromatic amines is 1. The van der Waals surface area contributed by atoms with E-state index in [9.17, 15) is 31.2 Å². The summed E-state index contributed by atoms with van der Waals surface area (Å²) in [6.45, 7) is 9.28. The van der Waals surface area contributed by atoms with E-state index in [4.69, 9.17) is 4.98 Å². The Morgan fingerprint density at radius 1 is 0.953 bits per heavy atom. The third kappa shape index (κ3) is 5.52. The van der Waals surface area contributed by atoms with Crippen LogP contribution in [-0.4, -0.2) is 32.1 Å². The highest BCUT2D eigenvalue weighted by atomic mass is 32.2. The molecule has 1 N–H and O–H groups in total. The van der Waals surface area contributed by atoms with Crippen LogP contribution in [0, 0.1) is 20.8 Å². The molecule has 3 aromatic heterocycles. The van der Waals surface area contributed by atoms with Gasteiger partial charge in [-0.2, -0.15) is 23.0 Å². The predicted octanol–water partition coefficient (Wildman–Crippen LogP) is 5.17. The highest BCUT2D eigenvalue weighted by molar-refractivity contribution is 7.90. The van der Waals surface area contributed by atoms with Crippen molar-refractivity contribution in [3.05, 3.63) is 115 Å². The Kier molecular flexibility index (Phi) is 7.41. The highest BCUT2D eigenvalue weighted by Gasteiger charge is 2.37. The van der Waals surface area contributed by atoms with Crippen LogP contribution < -0.4 is 11.2 Å². The van der Waals surface area contributed by atoms with E-state index in [1.165, 1.54) is 16.1 Å². The summed E-state index contributed by atoms with van der Waals surface area (Å²) >= 11 is 0. The second-order valence-corrected chi connectivity index (χ2v) is 12.6. The topological polar surface area (TPSA) is 120 Å². The molecule has 0 aliphatic rings. The van der Waals surface area contributed by atoms with Gasteiger partial charge in [0.1, 0.15) is 0 Å². The lowest BCUT2D eigenvalue weighted by Gasteiger charge is -2.14. The summed E-state index contributed by atoms with van der Waals surface area (Å²) in [5.74, 6) is -0.0211. The molecule has 224 valence electrons. The fourth-order valence-electron chi connectivity index (χ4n) is 5.00. The molecular weight excluding hydrogens is 583 g/mol. The molecule has 0 spiro atoms. The van der Waals surface area contributed by atoms with E-state index in [2.05, 4.69) is 5.10 Å². The summed E-state index contributed by atoms with van der Waals surface area (Å²) in [7, 11) is -3.88. The minimum atomic E-state index is -5.04. The number of H-pyrrole nitrogens is 1. The Hall–Kier alpha value is -4.52. The lowest BCUT2D eigenvalue weighted by Crippen LogP contribution is -2.37. The summed E-state index contributed by atoms with van der Waals surface area (Å²) in [6, 6.07) is 13.1. The van der Waals surface area contributed by atoms with E-state index < -0.39 is 33.1 Å². The molecule has 0 saturated heterocycles. The van der Waals surface area contributed by atoms with Gasteiger partial charge in [0, 0.05) is 18.3 Å². The minimum Gasteiger partial charge on any atom is -0.271 e. The minimum absolute atomic E-state index is 0.0211. The number of benzene rings is 2. The Morgan fingerprint density at radius 3 is 2.16 bits per heavy atom. The van der Waals surface area contributed by atoms with Crippen LogP contribution in [0.4, 0.5) is 13.2 Å². The molecule has 9 nitrogen and oxygen atoms in total. The zero-order valence-electron chi connectivity index (χ0n) is 23.9. The lowest BCUT2D eigenvalue weighted by molar-refractivity contribution is -0.143. The number of rotatable bonds is 6. The SMILES string of the molecule is Cc1ccc(S(=O)(=O)n2cc(C(C)C)c3nc(Cc4c(C)cc(-n5nc(C(F)(F)F)c(=O)[nH]c5=O)cc4C)ccc32)cc1. The monoisotopic (exact) mass is 611 g/mol. The number of alkyl halides is 3. The molecule has 0 unspecified atom stereocenters. The molecule has 43 heavy (non-hydrogen) atoms. The average molecular weight is 612 g/mol. The summed E-state index contributed by atoms with van der Waals surface area (Å²) < 4.78 is 68.7. The number of pyridine rings is 1. The second-order valence-electron chi connectivity index (χ2n) is 10.8. The van der Waals surface area contributed by atoms with Crippen LogP contribution in [0.2, 0.25) is 0 Å². The number of halogens is 3. The number of hydrogen-bond donors (Lipinski definition) is 1. The van der Waals surface area contributed by atoms with E-state index in [1.54, 1.807) is 61.4 Å². The maximum absolute atomic E-state index is 13.6. The van der Waals surface area contributed by atoms with Crippen molar-refractivity contribution in [2.75, 3.05) is 0 Å². The number of fused-ring (bicyclic) bond motifs is 1. The van der Waals surface area contributed by atoms with Crippen LogP contribution in [-0.2, 0) is 22.6 Å². The molecule has 0 atom stereocenters. The maximum atomic E-state index is 13.6. The van der Waals surface area contributed by atoms with E-state index in [-0.39, 0.29) is 16.5 Å². The standard InChI is InChI=1S/C30H28F3N5O4S/c1-16(2)24-15-37(43(41,42)22-9-6-17(3)7-10-22)25-11-8-20(34-26(24)25)14-23-18(4)12-21(13-19(23)5)38-29(40)35-28(39)27(36-38)30(31,32)33/h6-13,15-16H,14H2,1-5H3,(H,35,39,40). The average Bonchev–Trinajstić information content (AvgIpc) is 3.30. The normalized spacial score (nSPS) is 12.4. The van der Waals surface area contributed by atoms with Gasteiger partial charge in [-0.1, -0.05) is 31.5 Å². The van der Waals surface area contributed by atoms with Gasteiger partial charge in [0.25, 0.3) is 15.6 Å². The number of aromatic nitrogens is 5. The third-order valence-electron chi connectivity index (χ3n) is 7.28. The zero-order valence-corrected chi connectivity index (χ0v) is 24.8. The molecule has 0 saturated carbocycles. The van der Waals surface area contributed by atoms with Gasteiger partial charge in [0.05, 0.1) is 21.6 Å². The smallest absolute Gasteiger partial charge is 0.271 e. The van der Waals surface area contributed by atoms with Gasteiger partial charge < -0.3 is 0 Å². The molecule has 0 radical (unpaired) electrons. The van der Waals surface area contributed by atoms with E-state index in [0.29, 0.717) is 39.0 Å². The summed E-state index contributed by atoms with van der Waals surface area (Å²) in [4.78, 5) is 30.7. The first-order valence-electron chi connectivity index (χ1n) is 13.3. The molecule has 2 aromatic carbocycles. The molecule has 0 bridgehead atoms. The molecule has 0 amide bonds. The third-order valence-corrected chi connectivity index (χ3v) is 8.97. The van der Waals surface area contributed by atoms with Gasteiger partial charge in [-0.05, 0) is 85.3 Å². The van der Waals surface area contributed by atoms with Crippen LogP contribution in [0.15, 0.2) is 69.2 Å². The molecule has 0 aliphatic heterocycles. The summed E-state index contributed by atoms with van der Waals surface area (Å²) in [5.41, 5.74) is 1.14. The number of hydrogen-bond acceptors (Lipinski definition) is 6. The van der Waals surface area contributed by atoms with Crippen molar-refractivity contribution in [2.45, 2.75) is 58.0 Å². The summed E-state index contributed by atoms with van der Waals surface area (Å²) in [5, 5.41) is 3.29. The Balaban J connectivity index is 1.56. The van der Waals surface area contributed by atoms with E-state index in [1.807, 2.05) is 20.8 Å². The highest BCUT2D eigenvalue weighted by Crippen LogP contribution is 2.31. The molecule has 3 heterocycles. The maximum Gasteiger partial charge on any atom is 0.440 e. The van der Waals surface area contributed by atoms with Crippen molar-refractivity contribution >= 4 is 21.1 Å².